The Hall–Kier alpha value is -1.36. The maximum atomic E-state index is 8.36. The Balaban J connectivity index is 0.000000922. The van der Waals surface area contributed by atoms with Gasteiger partial charge in [-0.1, -0.05) is 34.1 Å². The zero-order chi connectivity index (χ0) is 14.8. The number of nitrogens with one attached hydrogen (secondary N) is 2. The zero-order valence-electron chi connectivity index (χ0n) is 12.5. The van der Waals surface area contributed by atoms with Crippen molar-refractivity contribution in [3.63, 3.8) is 0 Å². The van der Waals surface area contributed by atoms with Gasteiger partial charge in [0.25, 0.3) is 6.47 Å². The number of hydrogen-bond donors (Lipinski definition) is 3. The fraction of sp³-hybridized carbons (Fsp3) is 0.750. The average Bonchev–Trinajstić information content (AvgIpc) is 3.11. The normalized spacial score (nSPS) is 20.5. The summed E-state index contributed by atoms with van der Waals surface area (Å²) in [6.45, 7) is 5.52. The molecule has 2 atom stereocenters. The minimum Gasteiger partial charge on any atom is -0.483 e. The third kappa shape index (κ3) is 6.29. The molecule has 1 unspecified atom stereocenters. The van der Waals surface area contributed by atoms with Crippen molar-refractivity contribution in [3.8, 4) is 0 Å². The predicted molar refractivity (Wildman–Crippen MR) is 86.5 cm³/mol. The highest BCUT2D eigenvalue weighted by Crippen LogP contribution is 2.30. The van der Waals surface area contributed by atoms with E-state index in [9.17, 15) is 0 Å². The van der Waals surface area contributed by atoms with Crippen LogP contribution >= 0.6 is 0 Å². The number of carbonyl (C=O) groups is 1. The second kappa shape index (κ2) is 11.3. The molecule has 0 saturated carbocycles. The summed E-state index contributed by atoms with van der Waals surface area (Å²) in [4.78, 5) is 15.8. The molecule has 3 N–H and O–H groups in total. The van der Waals surface area contributed by atoms with E-state index in [1.54, 1.807) is 6.33 Å². The second-order valence-electron chi connectivity index (χ2n) is 5.33. The molecule has 1 saturated heterocycles. The number of carboxylic acid groups (broad SMARTS) is 1. The van der Waals surface area contributed by atoms with Crippen molar-refractivity contribution >= 4 is 6.47 Å². The van der Waals surface area contributed by atoms with E-state index < -0.39 is 0 Å². The minimum absolute atomic E-state index is 0. The van der Waals surface area contributed by atoms with Gasteiger partial charge in [-0.3, -0.25) is 4.79 Å². The summed E-state index contributed by atoms with van der Waals surface area (Å²) in [5.41, 5.74) is 1.31. The van der Waals surface area contributed by atoms with Crippen molar-refractivity contribution in [2.24, 2.45) is 5.92 Å². The summed E-state index contributed by atoms with van der Waals surface area (Å²) in [7, 11) is 0. The molecule has 0 spiro atoms. The third-order valence-electron chi connectivity index (χ3n) is 4.31. The van der Waals surface area contributed by atoms with Crippen LogP contribution in [0.2, 0.25) is 0 Å². The van der Waals surface area contributed by atoms with Gasteiger partial charge in [0.05, 0.1) is 6.33 Å². The Morgan fingerprint density at radius 1 is 1.48 bits per heavy atom. The van der Waals surface area contributed by atoms with Gasteiger partial charge in [0.2, 0.25) is 0 Å². The molecular weight excluding hydrogens is 266 g/mol. The summed E-state index contributed by atoms with van der Waals surface area (Å²) in [5.74, 6) is 1.55. The smallest absolute Gasteiger partial charge is 0.290 e. The maximum absolute atomic E-state index is 8.36. The SMILES string of the molecule is C.CCC(CC)CCC1NCC[C@H]1c1cnc[nH]1.O=CO. The first-order valence-electron chi connectivity index (χ1n) is 7.56. The number of imidazole rings is 1. The lowest BCUT2D eigenvalue weighted by molar-refractivity contribution is -0.122. The fourth-order valence-electron chi connectivity index (χ4n) is 3.02. The Bertz CT molecular complexity index is 350. The molecule has 1 aliphatic rings. The van der Waals surface area contributed by atoms with Crippen molar-refractivity contribution in [2.75, 3.05) is 6.54 Å². The van der Waals surface area contributed by atoms with Crippen LogP contribution in [-0.2, 0) is 4.79 Å². The van der Waals surface area contributed by atoms with Crippen molar-refractivity contribution in [3.05, 3.63) is 18.2 Å². The van der Waals surface area contributed by atoms with E-state index in [0.717, 1.165) is 12.5 Å². The van der Waals surface area contributed by atoms with Crippen LogP contribution in [0.1, 0.15) is 65.0 Å². The Kier molecular flexibility index (Phi) is 10.6. The molecule has 21 heavy (non-hydrogen) atoms. The summed E-state index contributed by atoms with van der Waals surface area (Å²) in [5, 5.41) is 10.5. The predicted octanol–water partition coefficient (Wildman–Crippen LogP) is 3.41. The first-order chi connectivity index (χ1) is 9.76. The molecule has 5 nitrogen and oxygen atoms in total. The molecule has 0 amide bonds. The summed E-state index contributed by atoms with van der Waals surface area (Å²) in [6.07, 6.45) is 10.3. The average molecular weight is 297 g/mol. The highest BCUT2D eigenvalue weighted by atomic mass is 16.3. The van der Waals surface area contributed by atoms with Gasteiger partial charge < -0.3 is 15.4 Å². The van der Waals surface area contributed by atoms with Gasteiger partial charge in [-0.2, -0.15) is 0 Å². The van der Waals surface area contributed by atoms with Gasteiger partial charge in [0.1, 0.15) is 0 Å². The largest absolute Gasteiger partial charge is 0.483 e. The first-order valence-corrected chi connectivity index (χ1v) is 7.56. The van der Waals surface area contributed by atoms with Crippen LogP contribution < -0.4 is 5.32 Å². The molecule has 0 aromatic carbocycles. The van der Waals surface area contributed by atoms with Crippen molar-refractivity contribution in [1.82, 2.24) is 15.3 Å². The van der Waals surface area contributed by atoms with Crippen LogP contribution in [0.15, 0.2) is 12.5 Å². The molecule has 1 aromatic rings. The van der Waals surface area contributed by atoms with Gasteiger partial charge in [0, 0.05) is 23.9 Å². The number of H-pyrrole nitrogens is 1. The van der Waals surface area contributed by atoms with Crippen LogP contribution in [0, 0.1) is 5.92 Å². The van der Waals surface area contributed by atoms with E-state index in [-0.39, 0.29) is 13.9 Å². The van der Waals surface area contributed by atoms with Gasteiger partial charge in [-0.25, -0.2) is 4.98 Å². The van der Waals surface area contributed by atoms with Gasteiger partial charge in [-0.15, -0.1) is 0 Å². The second-order valence-corrected chi connectivity index (χ2v) is 5.33. The highest BCUT2D eigenvalue weighted by molar-refractivity contribution is 5.32. The number of aromatic nitrogens is 2. The molecule has 2 heterocycles. The number of aromatic amines is 1. The number of hydrogen-bond acceptors (Lipinski definition) is 3. The maximum Gasteiger partial charge on any atom is 0.290 e. The molecule has 0 aliphatic carbocycles. The van der Waals surface area contributed by atoms with Gasteiger partial charge >= 0.3 is 0 Å². The van der Waals surface area contributed by atoms with Crippen LogP contribution in [0.5, 0.6) is 0 Å². The standard InChI is InChI=1S/C14H25N3.CH2O2.CH4/c1-3-11(4-2)5-6-13-12(7-8-16-13)14-9-15-10-17-14;2-1-3;/h9-13,16H,3-8H2,1-2H3,(H,15,17);1H,(H,2,3);1H4/t12-,13?;;/m1../s1. The molecule has 2 rings (SSSR count). The van der Waals surface area contributed by atoms with Crippen LogP contribution in [-0.4, -0.2) is 34.1 Å². The molecule has 0 radical (unpaired) electrons. The summed E-state index contributed by atoms with van der Waals surface area (Å²) < 4.78 is 0. The van der Waals surface area contributed by atoms with E-state index in [4.69, 9.17) is 9.90 Å². The molecular formula is C16H31N3O2. The molecule has 1 aliphatic heterocycles. The Morgan fingerprint density at radius 3 is 2.67 bits per heavy atom. The van der Waals surface area contributed by atoms with E-state index in [1.807, 2.05) is 6.20 Å². The topological polar surface area (TPSA) is 78.0 Å². The summed E-state index contributed by atoms with van der Waals surface area (Å²) >= 11 is 0. The van der Waals surface area contributed by atoms with E-state index >= 15 is 0 Å². The molecule has 122 valence electrons. The van der Waals surface area contributed by atoms with Gasteiger partial charge in [-0.05, 0) is 31.7 Å². The lowest BCUT2D eigenvalue weighted by Crippen LogP contribution is -2.26. The number of nitrogens with zero attached hydrogens (tertiary/aromatic N) is 1. The van der Waals surface area contributed by atoms with Gasteiger partial charge in [0.15, 0.2) is 0 Å². The fourth-order valence-corrected chi connectivity index (χ4v) is 3.02. The number of rotatable bonds is 6. The molecule has 1 aromatic heterocycles. The quantitative estimate of drug-likeness (QED) is 0.703. The monoisotopic (exact) mass is 297 g/mol. The summed E-state index contributed by atoms with van der Waals surface area (Å²) in [6, 6.07) is 0.649. The zero-order valence-corrected chi connectivity index (χ0v) is 12.5. The Morgan fingerprint density at radius 2 is 2.14 bits per heavy atom. The van der Waals surface area contributed by atoms with Crippen LogP contribution in [0.3, 0.4) is 0 Å². The van der Waals surface area contributed by atoms with E-state index in [2.05, 4.69) is 29.1 Å². The van der Waals surface area contributed by atoms with Crippen molar-refractivity contribution in [2.45, 2.75) is 65.3 Å². The molecule has 5 heteroatoms. The van der Waals surface area contributed by atoms with Crippen LogP contribution in [0.4, 0.5) is 0 Å². The Labute approximate surface area is 128 Å². The minimum atomic E-state index is -0.250. The van der Waals surface area contributed by atoms with Crippen LogP contribution in [0.25, 0.3) is 0 Å². The highest BCUT2D eigenvalue weighted by Gasteiger charge is 2.29. The van der Waals surface area contributed by atoms with Crippen molar-refractivity contribution < 1.29 is 9.90 Å². The lowest BCUT2D eigenvalue weighted by Gasteiger charge is -2.21. The first kappa shape index (κ1) is 19.6. The molecule has 1 fully saturated rings. The molecule has 0 bridgehead atoms. The van der Waals surface area contributed by atoms with E-state index in [0.29, 0.717) is 12.0 Å². The third-order valence-corrected chi connectivity index (χ3v) is 4.31. The van der Waals surface area contributed by atoms with E-state index in [1.165, 1.54) is 37.8 Å². The lowest BCUT2D eigenvalue weighted by atomic mass is 9.89. The van der Waals surface area contributed by atoms with Crippen molar-refractivity contribution in [1.29, 1.82) is 0 Å².